The summed E-state index contributed by atoms with van der Waals surface area (Å²) in [6, 6.07) is 0. The maximum absolute atomic E-state index is 12.6. The number of nitrogens with zero attached hydrogens (tertiary/aromatic N) is 1. The number of ether oxygens (including phenoxy) is 4. The van der Waals surface area contributed by atoms with Gasteiger partial charge in [-0.2, -0.15) is 0 Å². The average molecular weight is 631 g/mol. The van der Waals surface area contributed by atoms with Crippen LogP contribution in [0.5, 0.6) is 0 Å². The Morgan fingerprint density at radius 3 is 2.40 bits per heavy atom. The molecule has 2 aliphatic heterocycles. The van der Waals surface area contributed by atoms with Gasteiger partial charge in [0.1, 0.15) is 6.10 Å². The third kappa shape index (κ3) is 4.36. The molecule has 256 valence electrons. The van der Waals surface area contributed by atoms with Crippen LogP contribution in [0.25, 0.3) is 0 Å². The zero-order chi connectivity index (χ0) is 32.3. The minimum absolute atomic E-state index is 0.0167. The fourth-order valence-corrected chi connectivity index (χ4v) is 13.4. The molecule has 0 radical (unpaired) electrons. The van der Waals surface area contributed by atoms with Crippen molar-refractivity contribution >= 4 is 6.09 Å². The third-order valence-corrected chi connectivity index (χ3v) is 15.6. The van der Waals surface area contributed by atoms with E-state index in [1.165, 1.54) is 37.0 Å². The van der Waals surface area contributed by atoms with Gasteiger partial charge in [0.2, 0.25) is 0 Å². The minimum Gasteiger partial charge on any atom is -0.443 e. The molecule has 45 heavy (non-hydrogen) atoms. The van der Waals surface area contributed by atoms with Crippen molar-refractivity contribution < 1.29 is 28.8 Å². The molecule has 7 rings (SSSR count). The van der Waals surface area contributed by atoms with Crippen molar-refractivity contribution in [3.63, 3.8) is 0 Å². The van der Waals surface area contributed by atoms with Gasteiger partial charge in [0.05, 0.1) is 31.0 Å². The number of carbonyl (C=O) groups is 1. The van der Waals surface area contributed by atoms with Crippen molar-refractivity contribution in [3.05, 3.63) is 0 Å². The Morgan fingerprint density at radius 2 is 1.73 bits per heavy atom. The Kier molecular flexibility index (Phi) is 7.82. The average Bonchev–Trinajstić information content (AvgIpc) is 3.62. The molecule has 8 heteroatoms. The van der Waals surface area contributed by atoms with Crippen molar-refractivity contribution in [1.29, 1.82) is 0 Å². The number of morpholine rings is 1. The van der Waals surface area contributed by atoms with E-state index >= 15 is 0 Å². The lowest BCUT2D eigenvalue weighted by atomic mass is 9.41. The summed E-state index contributed by atoms with van der Waals surface area (Å²) in [6.07, 6.45) is 7.83. The highest BCUT2D eigenvalue weighted by molar-refractivity contribution is 5.67. The van der Waals surface area contributed by atoms with E-state index < -0.39 is 6.10 Å². The second-order valence-corrected chi connectivity index (χ2v) is 18.2. The topological polar surface area (TPSA) is 89.5 Å². The van der Waals surface area contributed by atoms with Crippen molar-refractivity contribution in [3.8, 4) is 0 Å². The van der Waals surface area contributed by atoms with Gasteiger partial charge in [-0.25, -0.2) is 4.79 Å². The van der Waals surface area contributed by atoms with E-state index in [0.717, 1.165) is 39.0 Å². The molecule has 2 spiro atoms. The first-order chi connectivity index (χ1) is 21.1. The number of hydrogen-bond acceptors (Lipinski definition) is 7. The van der Waals surface area contributed by atoms with Crippen LogP contribution in [0.4, 0.5) is 4.79 Å². The van der Waals surface area contributed by atoms with Gasteiger partial charge in [-0.3, -0.25) is 0 Å². The second kappa shape index (κ2) is 10.8. The lowest BCUT2D eigenvalue weighted by Crippen LogP contribution is -2.60. The maximum atomic E-state index is 12.6. The number of aliphatic hydroxyl groups is 1. The van der Waals surface area contributed by atoms with Gasteiger partial charge in [0, 0.05) is 32.6 Å². The Balaban J connectivity index is 1.14. The number of amides is 1. The summed E-state index contributed by atoms with van der Waals surface area (Å²) in [5, 5.41) is 16.0. The van der Waals surface area contributed by atoms with Gasteiger partial charge in [-0.15, -0.1) is 0 Å². The van der Waals surface area contributed by atoms with Crippen LogP contribution in [0.3, 0.4) is 0 Å². The van der Waals surface area contributed by atoms with Crippen LogP contribution >= 0.6 is 0 Å². The van der Waals surface area contributed by atoms with E-state index in [-0.39, 0.29) is 59.0 Å². The Labute approximate surface area is 272 Å². The molecule has 1 amide bonds. The lowest BCUT2D eigenvalue weighted by molar-refractivity contribution is -0.237. The normalized spacial score (nSPS) is 52.0. The van der Waals surface area contributed by atoms with E-state index in [9.17, 15) is 9.90 Å². The molecule has 2 saturated heterocycles. The Morgan fingerprint density at radius 1 is 1.02 bits per heavy atom. The fraction of sp³-hybridized carbons (Fsp3) is 0.973. The van der Waals surface area contributed by atoms with Gasteiger partial charge in [0.25, 0.3) is 0 Å². The molecule has 0 bridgehead atoms. The van der Waals surface area contributed by atoms with Crippen molar-refractivity contribution in [2.24, 2.45) is 56.7 Å². The maximum Gasteiger partial charge on any atom is 0.409 e. The molecule has 8 nitrogen and oxygen atoms in total. The van der Waals surface area contributed by atoms with E-state index in [1.54, 1.807) is 14.1 Å². The van der Waals surface area contributed by atoms with Crippen LogP contribution in [0.15, 0.2) is 0 Å². The molecule has 5 saturated carbocycles. The highest BCUT2D eigenvalue weighted by Gasteiger charge is 2.84. The van der Waals surface area contributed by atoms with E-state index in [0.29, 0.717) is 34.5 Å². The van der Waals surface area contributed by atoms with Crippen molar-refractivity contribution in [2.75, 3.05) is 33.8 Å². The number of nitrogens with one attached hydrogen (secondary N) is 1. The summed E-state index contributed by atoms with van der Waals surface area (Å²) in [5.41, 5.74) is 0.584. The number of fused-ring (bicyclic) bond motifs is 4. The molecule has 0 aromatic heterocycles. The molecule has 0 aromatic rings. The minimum atomic E-state index is -0.518. The predicted octanol–water partition coefficient (Wildman–Crippen LogP) is 5.85. The summed E-state index contributed by atoms with van der Waals surface area (Å²) in [6.45, 7) is 18.9. The van der Waals surface area contributed by atoms with E-state index in [1.807, 2.05) is 0 Å². The highest BCUT2D eigenvalue weighted by atomic mass is 16.7. The summed E-state index contributed by atoms with van der Waals surface area (Å²) in [5.74, 6) is 1.96. The van der Waals surface area contributed by atoms with Crippen LogP contribution in [0.1, 0.15) is 99.8 Å². The van der Waals surface area contributed by atoms with Gasteiger partial charge < -0.3 is 34.3 Å². The van der Waals surface area contributed by atoms with Crippen LogP contribution in [0.2, 0.25) is 0 Å². The molecule has 5 aliphatic carbocycles. The molecular weight excluding hydrogens is 568 g/mol. The molecule has 2 N–H and O–H groups in total. The molecule has 0 aromatic carbocycles. The SMILES string of the molecule is CC(C)[C@@H](OC(=O)N(C)C)[C@H]1C[C@@H](C)[C@H]2[C@H](O1)[C@H](O)[C@@]1(C)[C@@H]3CC[C@H]4C(C)(C)C(O[C@H]5CNCCO5)CC[C@@]45CC35CC[C@]21C. The smallest absolute Gasteiger partial charge is 0.409 e. The summed E-state index contributed by atoms with van der Waals surface area (Å²) >= 11 is 0. The Bertz CT molecular complexity index is 1160. The van der Waals surface area contributed by atoms with Gasteiger partial charge in [-0.1, -0.05) is 48.5 Å². The predicted molar refractivity (Wildman–Crippen MR) is 172 cm³/mol. The van der Waals surface area contributed by atoms with Gasteiger partial charge in [0.15, 0.2) is 6.29 Å². The molecule has 7 aliphatic rings. The summed E-state index contributed by atoms with van der Waals surface area (Å²) in [4.78, 5) is 14.1. The van der Waals surface area contributed by atoms with Crippen LogP contribution in [0, 0.1) is 56.7 Å². The van der Waals surface area contributed by atoms with Crippen LogP contribution in [-0.4, -0.2) is 86.7 Å². The zero-order valence-electron chi connectivity index (χ0n) is 29.6. The molecule has 7 fully saturated rings. The van der Waals surface area contributed by atoms with Crippen molar-refractivity contribution in [2.45, 2.75) is 137 Å². The molecule has 2 unspecified atom stereocenters. The third-order valence-electron chi connectivity index (χ3n) is 15.6. The second-order valence-electron chi connectivity index (χ2n) is 18.2. The standard InChI is InChI=1S/C37H62N2O6/c1-21(2)29(45-32(41)39(8)9)23-18-22(3)28-30(43-23)31(40)35(7)25-11-10-24-33(4,5)26(44-27-19-38-16-17-42-27)12-13-36(24)20-37(25,36)15-14-34(28,35)6/h21-31,38,40H,10-20H2,1-9H3/t22-,23-,24+,25+,26?,27+,28+,29-,30+,31+,34-,35-,36-,37?/m1/s1. The summed E-state index contributed by atoms with van der Waals surface area (Å²) in [7, 11) is 3.46. The van der Waals surface area contributed by atoms with Crippen LogP contribution < -0.4 is 5.32 Å². The molecule has 14 atom stereocenters. The largest absolute Gasteiger partial charge is 0.443 e. The zero-order valence-corrected chi connectivity index (χ0v) is 29.6. The first kappa shape index (κ1) is 32.6. The number of carbonyl (C=O) groups excluding carboxylic acids is 1. The summed E-state index contributed by atoms with van der Waals surface area (Å²) < 4.78 is 25.7. The van der Waals surface area contributed by atoms with Crippen LogP contribution in [-0.2, 0) is 18.9 Å². The monoisotopic (exact) mass is 630 g/mol. The number of aliphatic hydroxyl groups excluding tert-OH is 1. The number of rotatable bonds is 5. The van der Waals surface area contributed by atoms with E-state index in [2.05, 4.69) is 53.8 Å². The van der Waals surface area contributed by atoms with Crippen molar-refractivity contribution in [1.82, 2.24) is 10.2 Å². The van der Waals surface area contributed by atoms with Gasteiger partial charge >= 0.3 is 6.09 Å². The molecular formula is C37H62N2O6. The quantitative estimate of drug-likeness (QED) is 0.394. The van der Waals surface area contributed by atoms with E-state index in [4.69, 9.17) is 18.9 Å². The lowest BCUT2D eigenvalue weighted by Gasteiger charge is -2.63. The highest BCUT2D eigenvalue weighted by Crippen LogP contribution is 2.89. The fourth-order valence-electron chi connectivity index (χ4n) is 13.4. The first-order valence-electron chi connectivity index (χ1n) is 18.3. The number of hydrogen-bond donors (Lipinski definition) is 2. The first-order valence-corrected chi connectivity index (χ1v) is 18.3. The molecule has 2 heterocycles. The Hall–Kier alpha value is -0.930. The van der Waals surface area contributed by atoms with Gasteiger partial charge in [-0.05, 0) is 103 Å².